The Labute approximate surface area is 173 Å². The highest BCUT2D eigenvalue weighted by molar-refractivity contribution is 6.37. The molecule has 7 heteroatoms. The molecule has 1 unspecified atom stereocenters. The average Bonchev–Trinajstić information content (AvgIpc) is 3.02. The third kappa shape index (κ3) is 3.09. The van der Waals surface area contributed by atoms with Gasteiger partial charge in [0.25, 0.3) is 0 Å². The monoisotopic (exact) mass is 423 g/mol. The Kier molecular flexibility index (Phi) is 5.02. The van der Waals surface area contributed by atoms with Gasteiger partial charge in [-0.3, -0.25) is 0 Å². The van der Waals surface area contributed by atoms with Crippen molar-refractivity contribution in [3.05, 3.63) is 50.5 Å². The van der Waals surface area contributed by atoms with Crippen LogP contribution in [-0.4, -0.2) is 21.2 Å². The van der Waals surface area contributed by atoms with Crippen LogP contribution in [0.3, 0.4) is 0 Å². The highest BCUT2D eigenvalue weighted by atomic mass is 35.5. The number of aliphatic hydroxyl groups excluding tert-OH is 1. The first-order valence-corrected chi connectivity index (χ1v) is 10.2. The maximum absolute atomic E-state index is 10.5. The summed E-state index contributed by atoms with van der Waals surface area (Å²) in [4.78, 5) is 6.97. The molecule has 2 aromatic carbocycles. The van der Waals surface area contributed by atoms with Crippen LogP contribution >= 0.6 is 34.8 Å². The van der Waals surface area contributed by atoms with Crippen LogP contribution in [-0.2, 0) is 6.54 Å². The van der Waals surface area contributed by atoms with Gasteiger partial charge >= 0.3 is 0 Å². The first-order chi connectivity index (χ1) is 12.9. The lowest BCUT2D eigenvalue weighted by Gasteiger charge is -2.31. The van der Waals surface area contributed by atoms with Gasteiger partial charge in [0, 0.05) is 23.7 Å². The van der Waals surface area contributed by atoms with E-state index in [1.54, 1.807) is 6.07 Å². The fourth-order valence-electron chi connectivity index (χ4n) is 3.86. The molecule has 0 radical (unpaired) electrons. The normalized spacial score (nSPS) is 15.3. The maximum Gasteiger partial charge on any atom is 0.211 e. The van der Waals surface area contributed by atoms with E-state index in [9.17, 15) is 5.11 Å². The van der Waals surface area contributed by atoms with Crippen molar-refractivity contribution >= 4 is 57.5 Å². The number of aryl methyl sites for hydroxylation is 2. The maximum atomic E-state index is 10.5. The summed E-state index contributed by atoms with van der Waals surface area (Å²) in [5.41, 5.74) is 4.38. The summed E-state index contributed by atoms with van der Waals surface area (Å²) in [6.45, 7) is 5.57. The molecule has 142 valence electrons. The van der Waals surface area contributed by atoms with Crippen molar-refractivity contribution in [3.63, 3.8) is 0 Å². The number of nitrogens with zero attached hydrogens (tertiary/aromatic N) is 3. The van der Waals surface area contributed by atoms with Crippen molar-refractivity contribution in [2.75, 3.05) is 11.4 Å². The summed E-state index contributed by atoms with van der Waals surface area (Å²) in [6, 6.07) is 7.37. The van der Waals surface area contributed by atoms with Crippen LogP contribution < -0.4 is 4.90 Å². The van der Waals surface area contributed by atoms with Gasteiger partial charge < -0.3 is 14.6 Å². The van der Waals surface area contributed by atoms with E-state index in [0.717, 1.165) is 47.8 Å². The van der Waals surface area contributed by atoms with Crippen LogP contribution in [0.4, 0.5) is 11.6 Å². The van der Waals surface area contributed by atoms with Gasteiger partial charge in [-0.25, -0.2) is 4.98 Å². The smallest absolute Gasteiger partial charge is 0.211 e. The fraction of sp³-hybridized carbons (Fsp3) is 0.350. The van der Waals surface area contributed by atoms with E-state index >= 15 is 0 Å². The number of hydrogen-bond donors (Lipinski definition) is 1. The second-order valence-electron chi connectivity index (χ2n) is 6.88. The molecule has 27 heavy (non-hydrogen) atoms. The van der Waals surface area contributed by atoms with Gasteiger partial charge in [-0.15, -0.1) is 0 Å². The van der Waals surface area contributed by atoms with Crippen molar-refractivity contribution in [2.24, 2.45) is 0 Å². The van der Waals surface area contributed by atoms with E-state index in [4.69, 9.17) is 39.8 Å². The zero-order valence-electron chi connectivity index (χ0n) is 15.1. The third-order valence-corrected chi connectivity index (χ3v) is 5.91. The minimum Gasteiger partial charge on any atom is -0.388 e. The van der Waals surface area contributed by atoms with Crippen molar-refractivity contribution in [3.8, 4) is 0 Å². The van der Waals surface area contributed by atoms with Crippen LogP contribution in [0.1, 0.15) is 37.0 Å². The second kappa shape index (κ2) is 7.17. The Hall–Kier alpha value is -1.46. The summed E-state index contributed by atoms with van der Waals surface area (Å²) in [5, 5.41) is 12.3. The topological polar surface area (TPSA) is 41.3 Å². The minimum absolute atomic E-state index is 0.554. The summed E-state index contributed by atoms with van der Waals surface area (Å²) in [6.07, 6.45) is 1.01. The minimum atomic E-state index is -0.554. The van der Waals surface area contributed by atoms with Crippen LogP contribution in [0, 0.1) is 6.92 Å². The van der Waals surface area contributed by atoms with Crippen LogP contribution in [0.15, 0.2) is 24.3 Å². The molecule has 1 aromatic heterocycles. The molecule has 2 heterocycles. The van der Waals surface area contributed by atoms with Crippen molar-refractivity contribution in [1.29, 1.82) is 0 Å². The summed E-state index contributed by atoms with van der Waals surface area (Å²) >= 11 is 19.1. The van der Waals surface area contributed by atoms with E-state index < -0.39 is 6.10 Å². The van der Waals surface area contributed by atoms with E-state index in [1.165, 1.54) is 0 Å². The van der Waals surface area contributed by atoms with Crippen molar-refractivity contribution in [1.82, 2.24) is 9.55 Å². The number of aromatic nitrogens is 2. The number of imidazole rings is 1. The molecule has 4 nitrogen and oxygen atoms in total. The molecule has 3 aromatic rings. The number of fused-ring (bicyclic) bond motifs is 3. The van der Waals surface area contributed by atoms with Gasteiger partial charge in [0.05, 0.1) is 27.4 Å². The standard InChI is InChI=1S/C20H20Cl3N3O/c1-3-16(27)13-5-6-14(22)17-19(13)26-8-4-7-25(20(26)24-17)18-11(2)9-12(21)10-15(18)23/h5-6,9-10,16,27H,3-4,7-8H2,1-2H3. The molecule has 1 N–H and O–H groups in total. The fourth-order valence-corrected chi connectivity index (χ4v) is 4.75. The molecule has 1 aliphatic heterocycles. The van der Waals surface area contributed by atoms with E-state index in [0.29, 0.717) is 27.0 Å². The van der Waals surface area contributed by atoms with Crippen LogP contribution in [0.5, 0.6) is 0 Å². The second-order valence-corrected chi connectivity index (χ2v) is 8.13. The molecule has 1 aliphatic rings. The number of aliphatic hydroxyl groups is 1. The molecule has 4 rings (SSSR count). The summed E-state index contributed by atoms with van der Waals surface area (Å²) < 4.78 is 2.14. The Morgan fingerprint density at radius 1 is 1.15 bits per heavy atom. The lowest BCUT2D eigenvalue weighted by atomic mass is 10.1. The van der Waals surface area contributed by atoms with E-state index in [2.05, 4.69) is 9.47 Å². The zero-order chi connectivity index (χ0) is 19.3. The molecule has 0 saturated heterocycles. The van der Waals surface area contributed by atoms with Crippen molar-refractivity contribution < 1.29 is 5.11 Å². The Bertz CT molecular complexity index is 1010. The molecule has 0 saturated carbocycles. The molecular formula is C20H20Cl3N3O. The Morgan fingerprint density at radius 2 is 1.93 bits per heavy atom. The van der Waals surface area contributed by atoms with Crippen LogP contribution in [0.2, 0.25) is 15.1 Å². The number of hydrogen-bond acceptors (Lipinski definition) is 3. The Morgan fingerprint density at radius 3 is 2.63 bits per heavy atom. The highest BCUT2D eigenvalue weighted by Crippen LogP contribution is 2.42. The van der Waals surface area contributed by atoms with E-state index in [1.807, 2.05) is 32.0 Å². The van der Waals surface area contributed by atoms with Gasteiger partial charge in [0.2, 0.25) is 5.95 Å². The number of rotatable bonds is 3. The van der Waals surface area contributed by atoms with Gasteiger partial charge in [0.1, 0.15) is 5.52 Å². The zero-order valence-corrected chi connectivity index (χ0v) is 17.4. The first-order valence-electron chi connectivity index (χ1n) is 9.02. The number of halogens is 3. The molecule has 0 fully saturated rings. The van der Waals surface area contributed by atoms with Gasteiger partial charge in [-0.05, 0) is 43.5 Å². The predicted octanol–water partition coefficient (Wildman–Crippen LogP) is 6.29. The van der Waals surface area contributed by atoms with Crippen molar-refractivity contribution in [2.45, 2.75) is 39.3 Å². The van der Waals surface area contributed by atoms with Gasteiger partial charge in [0.15, 0.2) is 0 Å². The van der Waals surface area contributed by atoms with Gasteiger partial charge in [-0.2, -0.15) is 0 Å². The SMILES string of the molecule is CCC(O)c1ccc(Cl)c2nc3n(c12)CCCN3c1c(C)cc(Cl)cc1Cl. The molecule has 0 aliphatic carbocycles. The molecule has 0 amide bonds. The molecule has 0 bridgehead atoms. The molecular weight excluding hydrogens is 405 g/mol. The molecule has 1 atom stereocenters. The Balaban J connectivity index is 1.97. The predicted molar refractivity (Wildman–Crippen MR) is 113 cm³/mol. The molecule has 0 spiro atoms. The van der Waals surface area contributed by atoms with Gasteiger partial charge in [-0.1, -0.05) is 47.8 Å². The summed E-state index contributed by atoms with van der Waals surface area (Å²) in [7, 11) is 0. The largest absolute Gasteiger partial charge is 0.388 e. The lowest BCUT2D eigenvalue weighted by Crippen LogP contribution is -2.29. The number of benzene rings is 2. The lowest BCUT2D eigenvalue weighted by molar-refractivity contribution is 0.175. The average molecular weight is 425 g/mol. The quantitative estimate of drug-likeness (QED) is 0.537. The van der Waals surface area contributed by atoms with Crippen LogP contribution in [0.25, 0.3) is 11.0 Å². The number of anilines is 2. The third-order valence-electron chi connectivity index (χ3n) is 5.10. The van der Waals surface area contributed by atoms with E-state index in [-0.39, 0.29) is 0 Å². The summed E-state index contributed by atoms with van der Waals surface area (Å²) in [5.74, 6) is 0.793. The first kappa shape index (κ1) is 18.9. The highest BCUT2D eigenvalue weighted by Gasteiger charge is 2.28.